The molecule has 0 bridgehead atoms. The lowest BCUT2D eigenvalue weighted by atomic mass is 9.47. The summed E-state index contributed by atoms with van der Waals surface area (Å²) in [6.07, 6.45) is 13.8. The van der Waals surface area contributed by atoms with Gasteiger partial charge in [0.05, 0.1) is 11.6 Å². The fraction of sp³-hybridized carbons (Fsp3) is 0.700. The average molecular weight is 444 g/mol. The first-order chi connectivity index (χ1) is 15.9. The van der Waals surface area contributed by atoms with Gasteiger partial charge in [0.15, 0.2) is 0 Å². The van der Waals surface area contributed by atoms with Gasteiger partial charge in [-0.05, 0) is 124 Å². The number of hydrogen-bond donors (Lipinski definition) is 0. The van der Waals surface area contributed by atoms with E-state index in [9.17, 15) is 0 Å². The molecule has 8 atom stereocenters. The number of allylic oxidation sites excluding steroid dienone is 1. The molecule has 1 heterocycles. The minimum absolute atomic E-state index is 0.417. The van der Waals surface area contributed by atoms with Gasteiger partial charge in [0.2, 0.25) is 0 Å². The Kier molecular flexibility index (Phi) is 5.01. The SMILES string of the molecule is C[C@H]1[C@H]2CC[C@H]3[C@@H]4CC=C5C[C@@H](N(C)c6ccc(C#N)cc6)CC[C@]5(C)[C@H]4CC[C@]23CN1C. The molecule has 1 spiro atoms. The van der Waals surface area contributed by atoms with Gasteiger partial charge in [-0.3, -0.25) is 0 Å². The molecule has 0 unspecified atom stereocenters. The third kappa shape index (κ3) is 3.02. The van der Waals surface area contributed by atoms with E-state index in [0.29, 0.717) is 16.9 Å². The Morgan fingerprint density at radius 3 is 2.55 bits per heavy atom. The van der Waals surface area contributed by atoms with E-state index in [4.69, 9.17) is 5.26 Å². The van der Waals surface area contributed by atoms with Crippen molar-refractivity contribution in [3.8, 4) is 6.07 Å². The zero-order valence-electron chi connectivity index (χ0n) is 21.1. The molecule has 0 aromatic heterocycles. The minimum atomic E-state index is 0.417. The third-order valence-electron chi connectivity index (χ3n) is 11.6. The highest BCUT2D eigenvalue weighted by Gasteiger charge is 2.64. The van der Waals surface area contributed by atoms with E-state index in [0.717, 1.165) is 35.3 Å². The maximum absolute atomic E-state index is 9.13. The Balaban J connectivity index is 1.23. The summed E-state index contributed by atoms with van der Waals surface area (Å²) < 4.78 is 0. The lowest BCUT2D eigenvalue weighted by Gasteiger charge is -2.58. The third-order valence-corrected chi connectivity index (χ3v) is 11.6. The summed E-state index contributed by atoms with van der Waals surface area (Å²) in [7, 11) is 4.63. The van der Waals surface area contributed by atoms with Crippen LogP contribution in [0.2, 0.25) is 0 Å². The fourth-order valence-electron chi connectivity index (χ4n) is 9.76. The molecule has 4 fully saturated rings. The smallest absolute Gasteiger partial charge is 0.0991 e. The normalized spacial score (nSPS) is 44.2. The van der Waals surface area contributed by atoms with Gasteiger partial charge in [0.1, 0.15) is 0 Å². The van der Waals surface area contributed by atoms with E-state index < -0.39 is 0 Å². The lowest BCUT2D eigenvalue weighted by Crippen LogP contribution is -2.52. The first kappa shape index (κ1) is 21.7. The predicted molar refractivity (Wildman–Crippen MR) is 135 cm³/mol. The van der Waals surface area contributed by atoms with Crippen LogP contribution in [0.15, 0.2) is 35.9 Å². The number of benzene rings is 1. The first-order valence-corrected chi connectivity index (χ1v) is 13.5. The summed E-state index contributed by atoms with van der Waals surface area (Å²) in [6, 6.07) is 11.8. The van der Waals surface area contributed by atoms with Gasteiger partial charge in [-0.2, -0.15) is 5.26 Å². The Morgan fingerprint density at radius 1 is 1.03 bits per heavy atom. The molecule has 3 saturated carbocycles. The molecule has 4 aliphatic carbocycles. The number of nitriles is 1. The summed E-state index contributed by atoms with van der Waals surface area (Å²) in [5.41, 5.74) is 4.80. The topological polar surface area (TPSA) is 30.3 Å². The van der Waals surface area contributed by atoms with Crippen molar-refractivity contribution in [2.24, 2.45) is 34.5 Å². The average Bonchev–Trinajstić information content (AvgIpc) is 3.31. The van der Waals surface area contributed by atoms with Crippen LogP contribution in [-0.2, 0) is 0 Å². The molecular formula is C30H41N3. The van der Waals surface area contributed by atoms with Crippen molar-refractivity contribution < 1.29 is 0 Å². The first-order valence-electron chi connectivity index (χ1n) is 13.5. The molecule has 1 aromatic rings. The van der Waals surface area contributed by atoms with Crippen molar-refractivity contribution in [2.45, 2.75) is 77.3 Å². The highest BCUT2D eigenvalue weighted by Crippen LogP contribution is 2.68. The van der Waals surface area contributed by atoms with Gasteiger partial charge < -0.3 is 9.80 Å². The molecule has 3 heteroatoms. The van der Waals surface area contributed by atoms with E-state index in [-0.39, 0.29) is 0 Å². The van der Waals surface area contributed by atoms with Crippen LogP contribution in [0, 0.1) is 45.8 Å². The maximum Gasteiger partial charge on any atom is 0.0991 e. The maximum atomic E-state index is 9.13. The Morgan fingerprint density at radius 2 is 1.79 bits per heavy atom. The molecule has 0 N–H and O–H groups in total. The van der Waals surface area contributed by atoms with Crippen LogP contribution in [0.1, 0.15) is 70.8 Å². The van der Waals surface area contributed by atoms with Gasteiger partial charge >= 0.3 is 0 Å². The molecule has 176 valence electrons. The van der Waals surface area contributed by atoms with Gasteiger partial charge in [-0.1, -0.05) is 18.6 Å². The Labute approximate surface area is 200 Å². The highest BCUT2D eigenvalue weighted by atomic mass is 15.2. The zero-order valence-corrected chi connectivity index (χ0v) is 21.1. The van der Waals surface area contributed by atoms with E-state index in [1.165, 1.54) is 63.6 Å². The van der Waals surface area contributed by atoms with Gasteiger partial charge in [0.25, 0.3) is 0 Å². The van der Waals surface area contributed by atoms with Gasteiger partial charge in [-0.15, -0.1) is 0 Å². The Hall–Kier alpha value is -1.79. The molecule has 0 amide bonds. The van der Waals surface area contributed by atoms with E-state index in [1.807, 2.05) is 12.1 Å². The van der Waals surface area contributed by atoms with Crippen LogP contribution in [0.4, 0.5) is 5.69 Å². The van der Waals surface area contributed by atoms with Crippen molar-refractivity contribution in [3.63, 3.8) is 0 Å². The summed E-state index contributed by atoms with van der Waals surface area (Å²) in [5, 5.41) is 9.13. The monoisotopic (exact) mass is 443 g/mol. The summed E-state index contributed by atoms with van der Waals surface area (Å²) in [4.78, 5) is 5.16. The quantitative estimate of drug-likeness (QED) is 0.506. The second-order valence-electron chi connectivity index (χ2n) is 12.5. The minimum Gasteiger partial charge on any atom is -0.371 e. The van der Waals surface area contributed by atoms with Crippen LogP contribution in [-0.4, -0.2) is 37.6 Å². The fourth-order valence-corrected chi connectivity index (χ4v) is 9.76. The number of anilines is 1. The lowest BCUT2D eigenvalue weighted by molar-refractivity contribution is -0.0398. The number of fused-ring (bicyclic) bond motifs is 4. The second kappa shape index (κ2) is 7.61. The van der Waals surface area contributed by atoms with Crippen LogP contribution in [0.25, 0.3) is 0 Å². The number of hydrogen-bond acceptors (Lipinski definition) is 3. The largest absolute Gasteiger partial charge is 0.371 e. The van der Waals surface area contributed by atoms with Crippen LogP contribution in [0.5, 0.6) is 0 Å². The predicted octanol–water partition coefficient (Wildman–Crippen LogP) is 6.26. The van der Waals surface area contributed by atoms with Gasteiger partial charge in [0, 0.05) is 31.4 Å². The van der Waals surface area contributed by atoms with Crippen molar-refractivity contribution >= 4 is 5.69 Å². The molecule has 1 aromatic carbocycles. The zero-order chi connectivity index (χ0) is 23.0. The molecule has 1 saturated heterocycles. The molecule has 1 aliphatic heterocycles. The molecule has 3 nitrogen and oxygen atoms in total. The Bertz CT molecular complexity index is 989. The molecule has 0 radical (unpaired) electrons. The number of likely N-dealkylation sites (tertiary alicyclic amines) is 1. The van der Waals surface area contributed by atoms with Crippen molar-refractivity contribution in [3.05, 3.63) is 41.5 Å². The highest BCUT2D eigenvalue weighted by molar-refractivity contribution is 5.50. The molecule has 33 heavy (non-hydrogen) atoms. The molecule has 6 rings (SSSR count). The van der Waals surface area contributed by atoms with Gasteiger partial charge in [-0.25, -0.2) is 0 Å². The van der Waals surface area contributed by atoms with Crippen LogP contribution in [0.3, 0.4) is 0 Å². The van der Waals surface area contributed by atoms with Crippen molar-refractivity contribution in [1.29, 1.82) is 5.26 Å². The van der Waals surface area contributed by atoms with Crippen molar-refractivity contribution in [2.75, 3.05) is 25.5 Å². The summed E-state index contributed by atoms with van der Waals surface area (Å²) >= 11 is 0. The molecule has 5 aliphatic rings. The summed E-state index contributed by atoms with van der Waals surface area (Å²) in [6.45, 7) is 6.50. The second-order valence-corrected chi connectivity index (χ2v) is 12.5. The van der Waals surface area contributed by atoms with E-state index in [1.54, 1.807) is 5.57 Å². The molecular weight excluding hydrogens is 402 g/mol. The number of rotatable bonds is 2. The van der Waals surface area contributed by atoms with Crippen LogP contribution >= 0.6 is 0 Å². The van der Waals surface area contributed by atoms with Crippen molar-refractivity contribution in [1.82, 2.24) is 4.90 Å². The number of nitrogens with zero attached hydrogens (tertiary/aromatic N) is 3. The van der Waals surface area contributed by atoms with E-state index in [2.05, 4.69) is 62.0 Å². The van der Waals surface area contributed by atoms with Crippen LogP contribution < -0.4 is 4.90 Å². The van der Waals surface area contributed by atoms with E-state index >= 15 is 0 Å². The standard InChI is InChI=1S/C30H41N3/c1-20-26-11-12-28-25-10-7-22-17-24(33(4)23-8-5-21(18-31)6-9-23)13-15-29(22,2)27(25)14-16-30(26,28)19-32(20)3/h5-9,20,24-28H,10-17,19H2,1-4H3/t20-,24-,25+,26+,27-,28-,29-,30-/m0/s1. The summed E-state index contributed by atoms with van der Waals surface area (Å²) in [5.74, 6) is 3.73.